The van der Waals surface area contributed by atoms with E-state index >= 15 is 0 Å². The van der Waals surface area contributed by atoms with Crippen LogP contribution in [0, 0.1) is 0 Å². The number of hydrogen-bond donors (Lipinski definition) is 0. The Bertz CT molecular complexity index is 1390. The first-order chi connectivity index (χ1) is 14.7. The molecule has 4 aromatic rings. The SMILES string of the molecule is CC1(C)CCN2CCC(C)(C)c3c2c1cc1cc(-c2cc4ccccc4s2)c(=O)oc31. The predicted molar refractivity (Wildman–Crippen MR) is 131 cm³/mol. The van der Waals surface area contributed by atoms with Crippen molar-refractivity contribution in [2.75, 3.05) is 18.0 Å². The van der Waals surface area contributed by atoms with E-state index < -0.39 is 0 Å². The molecule has 0 saturated heterocycles. The molecule has 0 bridgehead atoms. The summed E-state index contributed by atoms with van der Waals surface area (Å²) < 4.78 is 7.33. The average Bonchev–Trinajstić information content (AvgIpc) is 3.15. The van der Waals surface area contributed by atoms with Gasteiger partial charge in [0.25, 0.3) is 0 Å². The molecular formula is C27H27NO2S. The van der Waals surface area contributed by atoms with Crippen LogP contribution < -0.4 is 10.5 Å². The van der Waals surface area contributed by atoms with Crippen LogP contribution in [-0.2, 0) is 10.8 Å². The summed E-state index contributed by atoms with van der Waals surface area (Å²) in [6, 6.07) is 14.7. The van der Waals surface area contributed by atoms with Crippen molar-refractivity contribution in [3.05, 3.63) is 64.0 Å². The smallest absolute Gasteiger partial charge is 0.345 e. The molecule has 4 heteroatoms. The molecule has 0 saturated carbocycles. The van der Waals surface area contributed by atoms with Crippen LogP contribution in [0.5, 0.6) is 0 Å². The Morgan fingerprint density at radius 3 is 2.45 bits per heavy atom. The fourth-order valence-electron chi connectivity index (χ4n) is 5.44. The molecule has 0 amide bonds. The van der Waals surface area contributed by atoms with Gasteiger partial charge in [0, 0.05) is 39.3 Å². The van der Waals surface area contributed by atoms with Crippen LogP contribution in [-0.4, -0.2) is 13.1 Å². The van der Waals surface area contributed by atoms with Gasteiger partial charge in [0.2, 0.25) is 0 Å². The van der Waals surface area contributed by atoms with Crippen molar-refractivity contribution in [1.29, 1.82) is 0 Å². The Hall–Kier alpha value is -2.59. The second-order valence-electron chi connectivity index (χ2n) is 10.4. The van der Waals surface area contributed by atoms with Crippen LogP contribution >= 0.6 is 11.3 Å². The summed E-state index contributed by atoms with van der Waals surface area (Å²) in [5.41, 5.74) is 5.22. The zero-order valence-electron chi connectivity index (χ0n) is 18.5. The summed E-state index contributed by atoms with van der Waals surface area (Å²) in [6.07, 6.45) is 2.21. The Kier molecular flexibility index (Phi) is 3.84. The molecule has 0 fully saturated rings. The largest absolute Gasteiger partial charge is 0.422 e. The second kappa shape index (κ2) is 6.23. The number of anilines is 1. The zero-order chi connectivity index (χ0) is 21.5. The van der Waals surface area contributed by atoms with Crippen molar-refractivity contribution < 1.29 is 4.42 Å². The van der Waals surface area contributed by atoms with Gasteiger partial charge in [0.1, 0.15) is 5.58 Å². The van der Waals surface area contributed by atoms with E-state index in [9.17, 15) is 4.79 Å². The lowest BCUT2D eigenvalue weighted by Crippen LogP contribution is -2.44. The van der Waals surface area contributed by atoms with E-state index in [1.165, 1.54) is 26.9 Å². The highest BCUT2D eigenvalue weighted by Crippen LogP contribution is 2.51. The summed E-state index contributed by atoms with van der Waals surface area (Å²) in [5, 5.41) is 2.21. The van der Waals surface area contributed by atoms with Gasteiger partial charge in [-0.1, -0.05) is 45.9 Å². The van der Waals surface area contributed by atoms with Crippen LogP contribution in [0.2, 0.25) is 0 Å². The quantitative estimate of drug-likeness (QED) is 0.310. The minimum atomic E-state index is -0.238. The third-order valence-corrected chi connectivity index (χ3v) is 8.57. The van der Waals surface area contributed by atoms with Crippen molar-refractivity contribution in [2.24, 2.45) is 0 Å². The first-order valence-electron chi connectivity index (χ1n) is 11.1. The lowest BCUT2D eigenvalue weighted by molar-refractivity contribution is 0.399. The Balaban J connectivity index is 1.68. The minimum absolute atomic E-state index is 0.0252. The highest BCUT2D eigenvalue weighted by Gasteiger charge is 2.41. The third-order valence-electron chi connectivity index (χ3n) is 7.42. The van der Waals surface area contributed by atoms with Crippen LogP contribution in [0.3, 0.4) is 0 Å². The standard InChI is InChI=1S/C27H27NO2S/c1-26(2)9-11-28-12-10-27(3,4)22-23(28)19(26)14-17-13-18(25(29)30-24(17)22)21-15-16-7-5-6-8-20(16)31-21/h5-8,13-15H,9-12H2,1-4H3. The van der Waals surface area contributed by atoms with Crippen molar-refractivity contribution in [3.8, 4) is 10.4 Å². The number of fused-ring (bicyclic) bond motifs is 3. The van der Waals surface area contributed by atoms with Gasteiger partial charge < -0.3 is 9.32 Å². The van der Waals surface area contributed by atoms with Crippen LogP contribution in [0.25, 0.3) is 31.5 Å². The maximum absolute atomic E-state index is 13.2. The lowest BCUT2D eigenvalue weighted by Gasteiger charge is -2.48. The van der Waals surface area contributed by atoms with Crippen LogP contribution in [0.1, 0.15) is 51.7 Å². The number of benzene rings is 2. The molecule has 6 rings (SSSR count). The van der Waals surface area contributed by atoms with Gasteiger partial charge in [-0.3, -0.25) is 0 Å². The normalized spacial score (nSPS) is 19.0. The Morgan fingerprint density at radius 2 is 1.68 bits per heavy atom. The van der Waals surface area contributed by atoms with E-state index in [0.29, 0.717) is 5.56 Å². The second-order valence-corrected chi connectivity index (χ2v) is 11.5. The van der Waals surface area contributed by atoms with Gasteiger partial charge in [-0.05, 0) is 58.9 Å². The molecule has 2 aromatic heterocycles. The first-order valence-corrected chi connectivity index (χ1v) is 12.0. The van der Waals surface area contributed by atoms with Crippen molar-refractivity contribution in [1.82, 2.24) is 0 Å². The summed E-state index contributed by atoms with van der Waals surface area (Å²) in [4.78, 5) is 16.7. The van der Waals surface area contributed by atoms with Gasteiger partial charge in [-0.25, -0.2) is 4.79 Å². The summed E-state index contributed by atoms with van der Waals surface area (Å²) in [7, 11) is 0. The maximum atomic E-state index is 13.2. The number of hydrogen-bond acceptors (Lipinski definition) is 4. The van der Waals surface area contributed by atoms with E-state index in [4.69, 9.17) is 4.42 Å². The van der Waals surface area contributed by atoms with Gasteiger partial charge >= 0.3 is 5.63 Å². The lowest BCUT2D eigenvalue weighted by atomic mass is 9.69. The molecule has 2 aromatic carbocycles. The van der Waals surface area contributed by atoms with Crippen molar-refractivity contribution >= 4 is 38.1 Å². The van der Waals surface area contributed by atoms with Crippen molar-refractivity contribution in [3.63, 3.8) is 0 Å². The number of rotatable bonds is 1. The number of thiophene rings is 1. The molecule has 0 radical (unpaired) electrons. The molecule has 0 N–H and O–H groups in total. The third kappa shape index (κ3) is 2.74. The van der Waals surface area contributed by atoms with E-state index in [1.807, 2.05) is 12.1 Å². The molecule has 2 aliphatic rings. The molecule has 0 atom stereocenters. The molecule has 3 nitrogen and oxygen atoms in total. The van der Waals surface area contributed by atoms with E-state index in [1.54, 1.807) is 11.3 Å². The maximum Gasteiger partial charge on any atom is 0.345 e. The van der Waals surface area contributed by atoms with Gasteiger partial charge in [-0.2, -0.15) is 0 Å². The molecule has 0 aliphatic carbocycles. The van der Waals surface area contributed by atoms with Gasteiger partial charge in [-0.15, -0.1) is 11.3 Å². The molecular weight excluding hydrogens is 402 g/mol. The number of nitrogens with zero attached hydrogens (tertiary/aromatic N) is 1. The fraction of sp³-hybridized carbons (Fsp3) is 0.370. The topological polar surface area (TPSA) is 33.5 Å². The summed E-state index contributed by atoms with van der Waals surface area (Å²) in [6.45, 7) is 11.4. The average molecular weight is 430 g/mol. The molecule has 4 heterocycles. The van der Waals surface area contributed by atoms with E-state index in [0.717, 1.165) is 41.8 Å². The molecule has 31 heavy (non-hydrogen) atoms. The Labute approximate surface area is 186 Å². The predicted octanol–water partition coefficient (Wildman–Crippen LogP) is 6.84. The van der Waals surface area contributed by atoms with E-state index in [2.05, 4.69) is 62.9 Å². The molecule has 0 unspecified atom stereocenters. The fourth-order valence-corrected chi connectivity index (χ4v) is 6.50. The van der Waals surface area contributed by atoms with Crippen LogP contribution in [0.4, 0.5) is 5.69 Å². The monoisotopic (exact) mass is 429 g/mol. The molecule has 158 valence electrons. The van der Waals surface area contributed by atoms with Gasteiger partial charge in [0.05, 0.1) is 5.56 Å². The highest BCUT2D eigenvalue weighted by molar-refractivity contribution is 7.22. The zero-order valence-corrected chi connectivity index (χ0v) is 19.4. The van der Waals surface area contributed by atoms with Crippen molar-refractivity contribution in [2.45, 2.75) is 51.4 Å². The van der Waals surface area contributed by atoms with E-state index in [-0.39, 0.29) is 16.5 Å². The Morgan fingerprint density at radius 1 is 0.935 bits per heavy atom. The minimum Gasteiger partial charge on any atom is -0.422 e. The van der Waals surface area contributed by atoms with Crippen LogP contribution in [0.15, 0.2) is 51.7 Å². The summed E-state index contributed by atoms with van der Waals surface area (Å²) in [5.74, 6) is 0. The molecule has 2 aliphatic heterocycles. The van der Waals surface area contributed by atoms with Gasteiger partial charge in [0.15, 0.2) is 0 Å². The molecule has 0 spiro atoms. The first kappa shape index (κ1) is 19.1. The summed E-state index contributed by atoms with van der Waals surface area (Å²) >= 11 is 1.65. The highest BCUT2D eigenvalue weighted by atomic mass is 32.1.